The van der Waals surface area contributed by atoms with Crippen LogP contribution in [0.15, 0.2) is 30.3 Å². The summed E-state index contributed by atoms with van der Waals surface area (Å²) in [6, 6.07) is 9.38. The van der Waals surface area contributed by atoms with E-state index in [2.05, 4.69) is 10.6 Å². The Morgan fingerprint density at radius 1 is 0.963 bits per heavy atom. The quantitative estimate of drug-likeness (QED) is 0.783. The minimum absolute atomic E-state index is 0.0112. The molecule has 1 heterocycles. The first-order valence-electron chi connectivity index (χ1n) is 9.74. The maximum absolute atomic E-state index is 12.3. The number of carbonyl (C=O) groups is 3. The molecule has 27 heavy (non-hydrogen) atoms. The lowest BCUT2D eigenvalue weighted by Gasteiger charge is -2.34. The fraction of sp³-hybridized carbons (Fsp3) is 0.550. The van der Waals surface area contributed by atoms with Gasteiger partial charge in [0.05, 0.1) is 13.1 Å². The molecule has 0 bridgehead atoms. The molecule has 1 aromatic carbocycles. The zero-order valence-electron chi connectivity index (χ0n) is 15.7. The van der Waals surface area contributed by atoms with E-state index >= 15 is 0 Å². The summed E-state index contributed by atoms with van der Waals surface area (Å²) < 4.78 is 0. The smallest absolute Gasteiger partial charge is 0.242 e. The Morgan fingerprint density at radius 2 is 1.63 bits per heavy atom. The molecule has 1 aliphatic heterocycles. The highest BCUT2D eigenvalue weighted by Crippen LogP contribution is 2.24. The van der Waals surface area contributed by atoms with Crippen molar-refractivity contribution in [3.8, 4) is 0 Å². The molecular weight excluding hydrogens is 344 g/mol. The van der Waals surface area contributed by atoms with Gasteiger partial charge in [0.1, 0.15) is 0 Å². The van der Waals surface area contributed by atoms with Crippen LogP contribution in [0.3, 0.4) is 0 Å². The van der Waals surface area contributed by atoms with E-state index in [1.807, 2.05) is 35.2 Å². The van der Waals surface area contributed by atoms with E-state index in [1.165, 1.54) is 0 Å². The molecule has 0 spiro atoms. The molecule has 1 aromatic rings. The molecule has 0 unspecified atom stereocenters. The van der Waals surface area contributed by atoms with E-state index < -0.39 is 0 Å². The van der Waals surface area contributed by atoms with Crippen LogP contribution in [0.2, 0.25) is 0 Å². The molecule has 3 rings (SSSR count). The molecule has 2 N–H and O–H groups in total. The van der Waals surface area contributed by atoms with Gasteiger partial charge in [0.15, 0.2) is 0 Å². The number of piperazine rings is 1. The number of hydrogen-bond acceptors (Lipinski definition) is 4. The van der Waals surface area contributed by atoms with Gasteiger partial charge >= 0.3 is 0 Å². The van der Waals surface area contributed by atoms with E-state index in [0.29, 0.717) is 32.7 Å². The van der Waals surface area contributed by atoms with Gasteiger partial charge in [-0.05, 0) is 25.0 Å². The summed E-state index contributed by atoms with van der Waals surface area (Å²) in [4.78, 5) is 40.2. The van der Waals surface area contributed by atoms with Crippen molar-refractivity contribution in [3.63, 3.8) is 0 Å². The van der Waals surface area contributed by atoms with Crippen LogP contribution < -0.4 is 10.6 Å². The summed E-state index contributed by atoms with van der Waals surface area (Å²) in [7, 11) is 0. The molecule has 3 amide bonds. The maximum Gasteiger partial charge on any atom is 0.242 e. The molecule has 146 valence electrons. The Kier molecular flexibility index (Phi) is 6.81. The molecule has 0 atom stereocenters. The highest BCUT2D eigenvalue weighted by Gasteiger charge is 2.25. The second kappa shape index (κ2) is 9.50. The molecule has 2 aliphatic rings. The average molecular weight is 372 g/mol. The predicted octanol–water partition coefficient (Wildman–Crippen LogP) is 1.08. The van der Waals surface area contributed by atoms with Crippen molar-refractivity contribution in [2.45, 2.75) is 25.7 Å². The number of carbonyl (C=O) groups excluding carboxylic acids is 3. The third-order valence-corrected chi connectivity index (χ3v) is 5.29. The molecule has 1 aliphatic carbocycles. The highest BCUT2D eigenvalue weighted by atomic mass is 16.2. The van der Waals surface area contributed by atoms with Crippen LogP contribution in [-0.4, -0.2) is 66.8 Å². The van der Waals surface area contributed by atoms with Crippen molar-refractivity contribution in [1.29, 1.82) is 0 Å². The van der Waals surface area contributed by atoms with Crippen LogP contribution in [-0.2, 0) is 14.4 Å². The lowest BCUT2D eigenvalue weighted by Crippen LogP contribution is -2.52. The lowest BCUT2D eigenvalue weighted by molar-refractivity contribution is -0.135. The topological polar surface area (TPSA) is 81.8 Å². The summed E-state index contributed by atoms with van der Waals surface area (Å²) >= 11 is 0. The van der Waals surface area contributed by atoms with E-state index in [4.69, 9.17) is 0 Å². The van der Waals surface area contributed by atoms with Gasteiger partial charge in [0.25, 0.3) is 0 Å². The Morgan fingerprint density at radius 3 is 2.30 bits per heavy atom. The number of para-hydroxylation sites is 1. The van der Waals surface area contributed by atoms with Crippen molar-refractivity contribution in [3.05, 3.63) is 30.3 Å². The van der Waals surface area contributed by atoms with Crippen molar-refractivity contribution in [2.75, 3.05) is 44.6 Å². The predicted molar refractivity (Wildman–Crippen MR) is 103 cm³/mol. The second-order valence-corrected chi connectivity index (χ2v) is 7.27. The normalized spacial score (nSPS) is 18.3. The zero-order valence-corrected chi connectivity index (χ0v) is 15.7. The monoisotopic (exact) mass is 372 g/mol. The zero-order chi connectivity index (χ0) is 19.1. The average Bonchev–Trinajstić information content (AvgIpc) is 3.22. The third-order valence-electron chi connectivity index (χ3n) is 5.29. The molecule has 7 nitrogen and oxygen atoms in total. The molecule has 0 radical (unpaired) electrons. The Hall–Kier alpha value is -2.41. The Labute approximate surface area is 160 Å². The van der Waals surface area contributed by atoms with Gasteiger partial charge in [-0.2, -0.15) is 0 Å². The van der Waals surface area contributed by atoms with Crippen molar-refractivity contribution in [1.82, 2.24) is 15.1 Å². The van der Waals surface area contributed by atoms with Gasteiger partial charge in [-0.3, -0.25) is 19.3 Å². The minimum atomic E-state index is -0.0511. The first-order valence-corrected chi connectivity index (χ1v) is 9.74. The number of amides is 3. The van der Waals surface area contributed by atoms with Crippen LogP contribution in [0.1, 0.15) is 25.7 Å². The molecule has 1 saturated heterocycles. The number of hydrogen-bond donors (Lipinski definition) is 2. The van der Waals surface area contributed by atoms with E-state index in [-0.39, 0.29) is 30.2 Å². The third kappa shape index (κ3) is 5.79. The van der Waals surface area contributed by atoms with Gasteiger partial charge in [-0.15, -0.1) is 0 Å². The SMILES string of the molecule is O=C(CN1CCN(C(=O)CNC(=O)C2CCCC2)CC1)Nc1ccccc1. The maximum atomic E-state index is 12.3. The molecule has 7 heteroatoms. The largest absolute Gasteiger partial charge is 0.347 e. The summed E-state index contributed by atoms with van der Waals surface area (Å²) in [6.45, 7) is 2.86. The summed E-state index contributed by atoms with van der Waals surface area (Å²) in [6.07, 6.45) is 4.07. The fourth-order valence-corrected chi connectivity index (χ4v) is 3.69. The summed E-state index contributed by atoms with van der Waals surface area (Å²) in [5.74, 6) is -0.00520. The van der Waals surface area contributed by atoms with Gasteiger partial charge in [0.2, 0.25) is 17.7 Å². The number of nitrogens with zero attached hydrogens (tertiary/aromatic N) is 2. The van der Waals surface area contributed by atoms with Gasteiger partial charge in [0, 0.05) is 37.8 Å². The molecular formula is C20H28N4O3. The number of rotatable bonds is 6. The van der Waals surface area contributed by atoms with E-state index in [9.17, 15) is 14.4 Å². The summed E-state index contributed by atoms with van der Waals surface area (Å²) in [5, 5.41) is 5.66. The highest BCUT2D eigenvalue weighted by molar-refractivity contribution is 5.92. The van der Waals surface area contributed by atoms with Crippen LogP contribution in [0.5, 0.6) is 0 Å². The van der Waals surface area contributed by atoms with Crippen LogP contribution in [0, 0.1) is 5.92 Å². The standard InChI is InChI=1S/C20H28N4O3/c25-18(22-17-8-2-1-3-9-17)15-23-10-12-24(13-11-23)19(26)14-21-20(27)16-6-4-5-7-16/h1-3,8-9,16H,4-7,10-15H2,(H,21,27)(H,22,25). The van der Waals surface area contributed by atoms with Crippen LogP contribution in [0.4, 0.5) is 5.69 Å². The van der Waals surface area contributed by atoms with Crippen LogP contribution in [0.25, 0.3) is 0 Å². The van der Waals surface area contributed by atoms with Gasteiger partial charge in [-0.25, -0.2) is 0 Å². The molecule has 1 saturated carbocycles. The first-order chi connectivity index (χ1) is 13.1. The fourth-order valence-electron chi connectivity index (χ4n) is 3.69. The number of benzene rings is 1. The van der Waals surface area contributed by atoms with Gasteiger partial charge < -0.3 is 15.5 Å². The van der Waals surface area contributed by atoms with E-state index in [1.54, 1.807) is 4.90 Å². The first kappa shape index (κ1) is 19.4. The summed E-state index contributed by atoms with van der Waals surface area (Å²) in [5.41, 5.74) is 0.786. The van der Waals surface area contributed by atoms with Gasteiger partial charge in [-0.1, -0.05) is 31.0 Å². The Balaban J connectivity index is 1.34. The van der Waals surface area contributed by atoms with E-state index in [0.717, 1.165) is 31.4 Å². The number of anilines is 1. The van der Waals surface area contributed by atoms with Crippen LogP contribution >= 0.6 is 0 Å². The van der Waals surface area contributed by atoms with Crippen molar-refractivity contribution >= 4 is 23.4 Å². The number of nitrogens with one attached hydrogen (secondary N) is 2. The second-order valence-electron chi connectivity index (χ2n) is 7.27. The van der Waals surface area contributed by atoms with Crippen molar-refractivity contribution in [2.24, 2.45) is 5.92 Å². The minimum Gasteiger partial charge on any atom is -0.347 e. The molecule has 2 fully saturated rings. The lowest BCUT2D eigenvalue weighted by atomic mass is 10.1. The molecule has 0 aromatic heterocycles. The Bertz CT molecular complexity index is 650. The van der Waals surface area contributed by atoms with Crippen molar-refractivity contribution < 1.29 is 14.4 Å².